The van der Waals surface area contributed by atoms with Crippen molar-refractivity contribution in [3.63, 3.8) is 0 Å². The van der Waals surface area contributed by atoms with Gasteiger partial charge in [0.25, 0.3) is 0 Å². The van der Waals surface area contributed by atoms with E-state index in [0.29, 0.717) is 6.61 Å². The summed E-state index contributed by atoms with van der Waals surface area (Å²) in [6.07, 6.45) is 5.05. The van der Waals surface area contributed by atoms with Crippen LogP contribution in [0.4, 0.5) is 0 Å². The van der Waals surface area contributed by atoms with Crippen LogP contribution in [0.25, 0.3) is 0 Å². The maximum absolute atomic E-state index is 11.2. The van der Waals surface area contributed by atoms with Crippen LogP contribution in [0.1, 0.15) is 33.1 Å². The Hall–Kier alpha value is -0.790. The molecule has 0 saturated carbocycles. The molecule has 12 heavy (non-hydrogen) atoms. The molecular weight excluding hydrogens is 152 g/mol. The second kappa shape index (κ2) is 4.29. The maximum Gasteiger partial charge on any atom is 0.333 e. The first-order valence-electron chi connectivity index (χ1n) is 4.60. The van der Waals surface area contributed by atoms with E-state index in [4.69, 9.17) is 4.74 Å². The summed E-state index contributed by atoms with van der Waals surface area (Å²) in [6.45, 7) is 4.52. The summed E-state index contributed by atoms with van der Waals surface area (Å²) in [5.41, 5.74) is 0.870. The third-order valence-corrected chi connectivity index (χ3v) is 2.21. The Kier molecular flexibility index (Phi) is 3.32. The molecule has 0 bridgehead atoms. The summed E-state index contributed by atoms with van der Waals surface area (Å²) < 4.78 is 4.91. The van der Waals surface area contributed by atoms with E-state index < -0.39 is 0 Å². The lowest BCUT2D eigenvalue weighted by Crippen LogP contribution is -2.12. The highest BCUT2D eigenvalue weighted by Gasteiger charge is 2.16. The van der Waals surface area contributed by atoms with Gasteiger partial charge in [-0.2, -0.15) is 0 Å². The summed E-state index contributed by atoms with van der Waals surface area (Å²) in [5.74, 6) is 0.604. The van der Waals surface area contributed by atoms with E-state index in [1.54, 1.807) is 0 Å². The highest BCUT2D eigenvalue weighted by Crippen LogP contribution is 2.23. The van der Waals surface area contributed by atoms with Crippen molar-refractivity contribution < 1.29 is 9.53 Å². The Morgan fingerprint density at radius 2 is 2.50 bits per heavy atom. The van der Waals surface area contributed by atoms with Crippen molar-refractivity contribution in [2.75, 3.05) is 6.61 Å². The Morgan fingerprint density at radius 1 is 1.75 bits per heavy atom. The minimum absolute atomic E-state index is 0.121. The fourth-order valence-corrected chi connectivity index (χ4v) is 1.37. The molecular formula is C10H16O2. The van der Waals surface area contributed by atoms with Crippen molar-refractivity contribution in [1.82, 2.24) is 0 Å². The van der Waals surface area contributed by atoms with E-state index in [-0.39, 0.29) is 5.97 Å². The van der Waals surface area contributed by atoms with Gasteiger partial charge in [0.2, 0.25) is 0 Å². The molecule has 2 nitrogen and oxygen atoms in total. The van der Waals surface area contributed by atoms with Gasteiger partial charge in [-0.15, -0.1) is 0 Å². The molecule has 0 amide bonds. The number of carbonyl (C=O) groups excluding carboxylic acids is 1. The average molecular weight is 168 g/mol. The predicted octanol–water partition coefficient (Wildman–Crippen LogP) is 2.30. The normalized spacial score (nSPS) is 23.2. The van der Waals surface area contributed by atoms with Gasteiger partial charge in [0.15, 0.2) is 0 Å². The number of ether oxygens (including phenoxy) is 1. The minimum Gasteiger partial charge on any atom is -0.463 e. The molecule has 0 saturated heterocycles. The van der Waals surface area contributed by atoms with Crippen LogP contribution in [-0.2, 0) is 9.53 Å². The molecule has 68 valence electrons. The van der Waals surface area contributed by atoms with Gasteiger partial charge in [0.05, 0.1) is 6.61 Å². The third kappa shape index (κ3) is 2.36. The topological polar surface area (TPSA) is 26.3 Å². The van der Waals surface area contributed by atoms with Crippen LogP contribution >= 0.6 is 0 Å². The van der Waals surface area contributed by atoms with Crippen molar-refractivity contribution >= 4 is 5.97 Å². The number of hydrogen-bond acceptors (Lipinski definition) is 2. The van der Waals surface area contributed by atoms with Crippen LogP contribution in [-0.4, -0.2) is 12.6 Å². The zero-order valence-electron chi connectivity index (χ0n) is 7.80. The summed E-state index contributed by atoms with van der Waals surface area (Å²) in [5, 5.41) is 0. The zero-order valence-corrected chi connectivity index (χ0v) is 7.80. The van der Waals surface area contributed by atoms with Crippen molar-refractivity contribution in [3.8, 4) is 0 Å². The van der Waals surface area contributed by atoms with E-state index in [0.717, 1.165) is 30.8 Å². The van der Waals surface area contributed by atoms with E-state index in [2.05, 4.69) is 6.92 Å². The van der Waals surface area contributed by atoms with Crippen LogP contribution in [0.15, 0.2) is 11.6 Å². The lowest BCUT2D eigenvalue weighted by molar-refractivity contribution is -0.138. The third-order valence-electron chi connectivity index (χ3n) is 2.21. The van der Waals surface area contributed by atoms with Gasteiger partial charge in [-0.05, 0) is 32.1 Å². The molecule has 1 atom stereocenters. The SMILES string of the molecule is CCOC(=O)C1=CCC(C)CC1. The van der Waals surface area contributed by atoms with Crippen molar-refractivity contribution in [2.45, 2.75) is 33.1 Å². The molecule has 0 spiro atoms. The molecule has 0 aromatic rings. The molecule has 1 aliphatic carbocycles. The number of rotatable bonds is 2. The van der Waals surface area contributed by atoms with Crippen LogP contribution in [0.5, 0.6) is 0 Å². The number of hydrogen-bond donors (Lipinski definition) is 0. The molecule has 0 aromatic carbocycles. The van der Waals surface area contributed by atoms with E-state index in [9.17, 15) is 4.79 Å². The number of carbonyl (C=O) groups is 1. The Labute approximate surface area is 73.6 Å². The van der Waals surface area contributed by atoms with Crippen LogP contribution in [0.2, 0.25) is 0 Å². The lowest BCUT2D eigenvalue weighted by Gasteiger charge is -2.16. The first-order valence-corrected chi connectivity index (χ1v) is 4.60. The molecule has 0 fully saturated rings. The van der Waals surface area contributed by atoms with Crippen molar-refractivity contribution in [2.24, 2.45) is 5.92 Å². The summed E-state index contributed by atoms with van der Waals surface area (Å²) >= 11 is 0. The van der Waals surface area contributed by atoms with Gasteiger partial charge in [0.1, 0.15) is 0 Å². The monoisotopic (exact) mass is 168 g/mol. The van der Waals surface area contributed by atoms with Gasteiger partial charge in [-0.3, -0.25) is 0 Å². The lowest BCUT2D eigenvalue weighted by atomic mass is 9.91. The smallest absolute Gasteiger partial charge is 0.333 e. The van der Waals surface area contributed by atoms with Crippen LogP contribution in [0, 0.1) is 5.92 Å². The van der Waals surface area contributed by atoms with Crippen molar-refractivity contribution in [1.29, 1.82) is 0 Å². The van der Waals surface area contributed by atoms with Gasteiger partial charge < -0.3 is 4.74 Å². The molecule has 2 heteroatoms. The van der Waals surface area contributed by atoms with E-state index >= 15 is 0 Å². The predicted molar refractivity (Wildman–Crippen MR) is 47.7 cm³/mol. The molecule has 0 aromatic heterocycles. The second-order valence-electron chi connectivity index (χ2n) is 3.33. The second-order valence-corrected chi connectivity index (χ2v) is 3.33. The molecule has 1 rings (SSSR count). The number of allylic oxidation sites excluding steroid dienone is 1. The molecule has 0 radical (unpaired) electrons. The Morgan fingerprint density at radius 3 is 3.00 bits per heavy atom. The quantitative estimate of drug-likeness (QED) is 0.591. The molecule has 1 aliphatic rings. The standard InChI is InChI=1S/C10H16O2/c1-3-12-10(11)9-6-4-8(2)5-7-9/h6,8H,3-5,7H2,1-2H3. The first kappa shape index (κ1) is 9.30. The Bertz CT molecular complexity index is 194. The molecule has 0 N–H and O–H groups in total. The van der Waals surface area contributed by atoms with Gasteiger partial charge in [0, 0.05) is 5.57 Å². The van der Waals surface area contributed by atoms with Crippen LogP contribution < -0.4 is 0 Å². The maximum atomic E-state index is 11.2. The van der Waals surface area contributed by atoms with E-state index in [1.807, 2.05) is 13.0 Å². The average Bonchev–Trinajstić information content (AvgIpc) is 2.06. The fraction of sp³-hybridized carbons (Fsp3) is 0.700. The van der Waals surface area contributed by atoms with Crippen molar-refractivity contribution in [3.05, 3.63) is 11.6 Å². The summed E-state index contributed by atoms with van der Waals surface area (Å²) in [7, 11) is 0. The highest BCUT2D eigenvalue weighted by atomic mass is 16.5. The van der Waals surface area contributed by atoms with E-state index in [1.165, 1.54) is 0 Å². The first-order chi connectivity index (χ1) is 5.74. The molecule has 0 heterocycles. The van der Waals surface area contributed by atoms with Crippen LogP contribution in [0.3, 0.4) is 0 Å². The van der Waals surface area contributed by atoms with Gasteiger partial charge >= 0.3 is 5.97 Å². The summed E-state index contributed by atoms with van der Waals surface area (Å²) in [4.78, 5) is 11.2. The van der Waals surface area contributed by atoms with Gasteiger partial charge in [-0.1, -0.05) is 13.0 Å². The molecule has 0 aliphatic heterocycles. The highest BCUT2D eigenvalue weighted by molar-refractivity contribution is 5.88. The number of esters is 1. The Balaban J connectivity index is 2.47. The zero-order chi connectivity index (χ0) is 8.97. The van der Waals surface area contributed by atoms with Gasteiger partial charge in [-0.25, -0.2) is 4.79 Å². The minimum atomic E-state index is -0.121. The fourth-order valence-electron chi connectivity index (χ4n) is 1.37. The summed E-state index contributed by atoms with van der Waals surface area (Å²) in [6, 6.07) is 0. The largest absolute Gasteiger partial charge is 0.463 e. The molecule has 1 unspecified atom stereocenters.